The number of hydrogen-bond acceptors (Lipinski definition) is 5. The Morgan fingerprint density at radius 2 is 2.56 bits per heavy atom. The first kappa shape index (κ1) is 12.8. The molecule has 0 saturated carbocycles. The van der Waals surface area contributed by atoms with Gasteiger partial charge >= 0.3 is 5.97 Å². The van der Waals surface area contributed by atoms with Crippen molar-refractivity contribution in [1.82, 2.24) is 10.3 Å². The molecule has 5 nitrogen and oxygen atoms in total. The lowest BCUT2D eigenvalue weighted by atomic mass is 10.1. The minimum atomic E-state index is -0.333. The number of anilines is 1. The minimum Gasteiger partial charge on any atom is -0.465 e. The monoisotopic (exact) mass is 249 g/mol. The molecule has 1 atom stereocenters. The Labute approximate surface area is 107 Å². The van der Waals surface area contributed by atoms with Gasteiger partial charge in [0.05, 0.1) is 12.7 Å². The topological polar surface area (TPSA) is 63.2 Å². The van der Waals surface area contributed by atoms with E-state index in [2.05, 4.69) is 20.4 Å². The van der Waals surface area contributed by atoms with Crippen molar-refractivity contribution < 1.29 is 9.53 Å². The molecule has 1 unspecified atom stereocenters. The molecule has 1 aliphatic heterocycles. The lowest BCUT2D eigenvalue weighted by molar-refractivity contribution is 0.0600. The lowest BCUT2D eigenvalue weighted by Gasteiger charge is -2.10. The van der Waals surface area contributed by atoms with Gasteiger partial charge in [0.1, 0.15) is 5.82 Å². The highest BCUT2D eigenvalue weighted by Crippen LogP contribution is 2.13. The predicted molar refractivity (Wildman–Crippen MR) is 69.7 cm³/mol. The number of rotatable bonds is 5. The second-order valence-corrected chi connectivity index (χ2v) is 4.50. The summed E-state index contributed by atoms with van der Waals surface area (Å²) in [5.41, 5.74) is 0.525. The molecule has 18 heavy (non-hydrogen) atoms. The highest BCUT2D eigenvalue weighted by atomic mass is 16.5. The summed E-state index contributed by atoms with van der Waals surface area (Å²) < 4.78 is 4.67. The molecular weight excluding hydrogens is 230 g/mol. The Morgan fingerprint density at radius 3 is 3.28 bits per heavy atom. The van der Waals surface area contributed by atoms with E-state index in [1.165, 1.54) is 13.5 Å². The molecule has 1 fully saturated rings. The second-order valence-electron chi connectivity index (χ2n) is 4.50. The first-order valence-corrected chi connectivity index (χ1v) is 6.28. The SMILES string of the molecule is COC(=O)c1ccnc(NCCC2CCNC2)c1. The normalized spacial score (nSPS) is 18.6. The number of nitrogens with zero attached hydrogens (tertiary/aromatic N) is 1. The van der Waals surface area contributed by atoms with Gasteiger partial charge in [-0.3, -0.25) is 0 Å². The smallest absolute Gasteiger partial charge is 0.338 e. The van der Waals surface area contributed by atoms with Crippen molar-refractivity contribution in [2.24, 2.45) is 5.92 Å². The van der Waals surface area contributed by atoms with Crippen molar-refractivity contribution in [3.63, 3.8) is 0 Å². The number of esters is 1. The van der Waals surface area contributed by atoms with Crippen LogP contribution in [0.2, 0.25) is 0 Å². The van der Waals surface area contributed by atoms with Gasteiger partial charge in [0.25, 0.3) is 0 Å². The number of carbonyl (C=O) groups is 1. The summed E-state index contributed by atoms with van der Waals surface area (Å²) >= 11 is 0. The summed E-state index contributed by atoms with van der Waals surface area (Å²) in [6.45, 7) is 3.11. The third kappa shape index (κ3) is 3.43. The molecule has 0 amide bonds. The van der Waals surface area contributed by atoms with Gasteiger partial charge in [-0.15, -0.1) is 0 Å². The maximum atomic E-state index is 11.4. The number of aromatic nitrogens is 1. The third-order valence-electron chi connectivity index (χ3n) is 3.20. The van der Waals surface area contributed by atoms with E-state index in [1.807, 2.05) is 0 Å². The van der Waals surface area contributed by atoms with Gasteiger partial charge in [-0.2, -0.15) is 0 Å². The maximum Gasteiger partial charge on any atom is 0.338 e. The molecule has 0 bridgehead atoms. The molecule has 1 aromatic rings. The zero-order chi connectivity index (χ0) is 12.8. The van der Waals surface area contributed by atoms with Gasteiger partial charge in [0.2, 0.25) is 0 Å². The first-order chi connectivity index (χ1) is 8.79. The van der Waals surface area contributed by atoms with Crippen LogP contribution in [0.15, 0.2) is 18.3 Å². The van der Waals surface area contributed by atoms with Crippen LogP contribution in [0.25, 0.3) is 0 Å². The Kier molecular flexibility index (Phi) is 4.52. The zero-order valence-electron chi connectivity index (χ0n) is 10.6. The van der Waals surface area contributed by atoms with Crippen LogP contribution in [0.1, 0.15) is 23.2 Å². The summed E-state index contributed by atoms with van der Waals surface area (Å²) in [4.78, 5) is 15.5. The highest BCUT2D eigenvalue weighted by Gasteiger charge is 2.13. The quantitative estimate of drug-likeness (QED) is 0.770. The average molecular weight is 249 g/mol. The van der Waals surface area contributed by atoms with Gasteiger partial charge in [0, 0.05) is 12.7 Å². The molecule has 2 heterocycles. The summed E-state index contributed by atoms with van der Waals surface area (Å²) in [5, 5.41) is 6.59. The van der Waals surface area contributed by atoms with Crippen LogP contribution in [0, 0.1) is 5.92 Å². The molecule has 98 valence electrons. The van der Waals surface area contributed by atoms with Crippen molar-refractivity contribution in [1.29, 1.82) is 0 Å². The van der Waals surface area contributed by atoms with E-state index in [1.54, 1.807) is 18.3 Å². The molecule has 0 aromatic carbocycles. The molecule has 0 radical (unpaired) electrons. The van der Waals surface area contributed by atoms with Gasteiger partial charge < -0.3 is 15.4 Å². The predicted octanol–water partition coefficient (Wildman–Crippen LogP) is 1.28. The van der Waals surface area contributed by atoms with Crippen LogP contribution in [-0.2, 0) is 4.74 Å². The number of carbonyl (C=O) groups excluding carboxylic acids is 1. The zero-order valence-corrected chi connectivity index (χ0v) is 10.6. The molecule has 1 aliphatic rings. The largest absolute Gasteiger partial charge is 0.465 e. The molecule has 1 saturated heterocycles. The van der Waals surface area contributed by atoms with Gasteiger partial charge in [-0.25, -0.2) is 9.78 Å². The number of methoxy groups -OCH3 is 1. The van der Waals surface area contributed by atoms with E-state index in [4.69, 9.17) is 0 Å². The van der Waals surface area contributed by atoms with Crippen LogP contribution < -0.4 is 10.6 Å². The summed E-state index contributed by atoms with van der Waals surface area (Å²) in [5.74, 6) is 1.14. The first-order valence-electron chi connectivity index (χ1n) is 6.28. The number of ether oxygens (including phenoxy) is 1. The second kappa shape index (κ2) is 6.35. The molecule has 0 aliphatic carbocycles. The van der Waals surface area contributed by atoms with Gasteiger partial charge in [-0.05, 0) is 44.0 Å². The molecule has 1 aromatic heterocycles. The standard InChI is InChI=1S/C13H19N3O2/c1-18-13(17)11-4-7-16-12(8-11)15-6-3-10-2-5-14-9-10/h4,7-8,10,14H,2-3,5-6,9H2,1H3,(H,15,16). The fourth-order valence-electron chi connectivity index (χ4n) is 2.14. The number of pyridine rings is 1. The Bertz CT molecular complexity index is 403. The van der Waals surface area contributed by atoms with E-state index in [0.717, 1.165) is 37.8 Å². The summed E-state index contributed by atoms with van der Waals surface area (Å²) in [6, 6.07) is 3.37. The van der Waals surface area contributed by atoms with Crippen LogP contribution in [0.5, 0.6) is 0 Å². The molecule has 5 heteroatoms. The van der Waals surface area contributed by atoms with Crippen molar-refractivity contribution >= 4 is 11.8 Å². The molecule has 2 N–H and O–H groups in total. The van der Waals surface area contributed by atoms with E-state index in [0.29, 0.717) is 5.56 Å². The number of nitrogens with one attached hydrogen (secondary N) is 2. The fourth-order valence-corrected chi connectivity index (χ4v) is 2.14. The van der Waals surface area contributed by atoms with Gasteiger partial charge in [-0.1, -0.05) is 0 Å². The minimum absolute atomic E-state index is 0.333. The Hall–Kier alpha value is -1.62. The van der Waals surface area contributed by atoms with E-state index in [-0.39, 0.29) is 5.97 Å². The summed E-state index contributed by atoms with van der Waals surface area (Å²) in [7, 11) is 1.38. The van der Waals surface area contributed by atoms with E-state index >= 15 is 0 Å². The van der Waals surface area contributed by atoms with E-state index in [9.17, 15) is 4.79 Å². The molecule has 0 spiro atoms. The van der Waals surface area contributed by atoms with Crippen molar-refractivity contribution in [3.8, 4) is 0 Å². The van der Waals surface area contributed by atoms with Crippen molar-refractivity contribution in [3.05, 3.63) is 23.9 Å². The van der Waals surface area contributed by atoms with Crippen LogP contribution in [0.4, 0.5) is 5.82 Å². The third-order valence-corrected chi connectivity index (χ3v) is 3.20. The Balaban J connectivity index is 1.83. The van der Waals surface area contributed by atoms with Crippen LogP contribution >= 0.6 is 0 Å². The van der Waals surface area contributed by atoms with Crippen molar-refractivity contribution in [2.75, 3.05) is 32.1 Å². The highest BCUT2D eigenvalue weighted by molar-refractivity contribution is 5.89. The fraction of sp³-hybridized carbons (Fsp3) is 0.538. The summed E-state index contributed by atoms with van der Waals surface area (Å²) in [6.07, 6.45) is 3.99. The average Bonchev–Trinajstić information content (AvgIpc) is 2.91. The molecule has 2 rings (SSSR count). The maximum absolute atomic E-state index is 11.4. The van der Waals surface area contributed by atoms with Gasteiger partial charge in [0.15, 0.2) is 0 Å². The van der Waals surface area contributed by atoms with Crippen LogP contribution in [0.3, 0.4) is 0 Å². The number of hydrogen-bond donors (Lipinski definition) is 2. The van der Waals surface area contributed by atoms with E-state index < -0.39 is 0 Å². The molecular formula is C13H19N3O2. The van der Waals surface area contributed by atoms with Crippen molar-refractivity contribution in [2.45, 2.75) is 12.8 Å². The Morgan fingerprint density at radius 1 is 1.67 bits per heavy atom. The lowest BCUT2D eigenvalue weighted by Crippen LogP contribution is -2.13. The van der Waals surface area contributed by atoms with Crippen LogP contribution in [-0.4, -0.2) is 37.7 Å².